The van der Waals surface area contributed by atoms with Gasteiger partial charge in [-0.05, 0) is 0 Å². The second-order valence-electron chi connectivity index (χ2n) is 4.78. The SMILES string of the molecule is C/C(=C/C(=O)[Si](C)(C)C)[Se]c1ccccc1. The van der Waals surface area contributed by atoms with Crippen LogP contribution in [0.3, 0.4) is 0 Å². The van der Waals surface area contributed by atoms with Crippen molar-refractivity contribution in [3.63, 3.8) is 0 Å². The normalized spacial score (nSPS) is 12.6. The summed E-state index contributed by atoms with van der Waals surface area (Å²) >= 11 is 0.288. The van der Waals surface area contributed by atoms with E-state index in [0.29, 0.717) is 5.41 Å². The topological polar surface area (TPSA) is 17.1 Å². The van der Waals surface area contributed by atoms with Crippen LogP contribution in [0.4, 0.5) is 0 Å². The van der Waals surface area contributed by atoms with Crippen LogP contribution in [0.15, 0.2) is 40.9 Å². The van der Waals surface area contributed by atoms with Crippen molar-refractivity contribution in [3.8, 4) is 0 Å². The molecule has 0 saturated carbocycles. The molecule has 1 nitrogen and oxygen atoms in total. The molecular formula is C13H18OSeSi. The summed E-state index contributed by atoms with van der Waals surface area (Å²) < 4.78 is 2.54. The fourth-order valence-corrected chi connectivity index (χ4v) is 3.73. The predicted molar refractivity (Wildman–Crippen MR) is 73.9 cm³/mol. The van der Waals surface area contributed by atoms with Crippen LogP contribution in [-0.2, 0) is 4.79 Å². The summed E-state index contributed by atoms with van der Waals surface area (Å²) in [7, 11) is -1.65. The number of allylic oxidation sites excluding steroid dienone is 2. The van der Waals surface area contributed by atoms with E-state index in [1.54, 1.807) is 0 Å². The van der Waals surface area contributed by atoms with Gasteiger partial charge in [0, 0.05) is 0 Å². The van der Waals surface area contributed by atoms with Crippen LogP contribution >= 0.6 is 0 Å². The Balaban J connectivity index is 2.70. The first-order valence-corrected chi connectivity index (χ1v) is 10.6. The molecular weight excluding hydrogens is 279 g/mol. The molecule has 0 amide bonds. The van der Waals surface area contributed by atoms with Gasteiger partial charge in [0.05, 0.1) is 0 Å². The molecule has 16 heavy (non-hydrogen) atoms. The van der Waals surface area contributed by atoms with E-state index >= 15 is 0 Å². The maximum atomic E-state index is 11.9. The van der Waals surface area contributed by atoms with Gasteiger partial charge in [-0.1, -0.05) is 0 Å². The zero-order valence-electron chi connectivity index (χ0n) is 10.3. The first-order chi connectivity index (χ1) is 7.39. The molecule has 0 aromatic heterocycles. The average molecular weight is 297 g/mol. The number of rotatable bonds is 4. The summed E-state index contributed by atoms with van der Waals surface area (Å²) in [6.45, 7) is 8.34. The van der Waals surface area contributed by atoms with Crippen LogP contribution in [0.1, 0.15) is 6.92 Å². The fraction of sp³-hybridized carbons (Fsp3) is 0.308. The van der Waals surface area contributed by atoms with Gasteiger partial charge < -0.3 is 0 Å². The summed E-state index contributed by atoms with van der Waals surface area (Å²) in [5.41, 5.74) is 0. The molecule has 0 fully saturated rings. The Bertz CT molecular complexity index is 390. The summed E-state index contributed by atoms with van der Waals surface area (Å²) in [5.74, 6) is 0. The monoisotopic (exact) mass is 298 g/mol. The molecule has 1 aromatic rings. The molecule has 0 heterocycles. The molecule has 0 aliphatic heterocycles. The molecule has 1 rings (SSSR count). The standard InChI is InChI=1S/C13H18OSeSi/c1-11(10-13(14)16(2,3)4)15-12-8-6-5-7-9-12/h5-10H,1-4H3/b11-10-. The Hall–Kier alpha value is -0.634. The van der Waals surface area contributed by atoms with E-state index in [9.17, 15) is 4.79 Å². The van der Waals surface area contributed by atoms with E-state index in [0.717, 1.165) is 0 Å². The molecule has 0 N–H and O–H groups in total. The molecule has 0 aliphatic rings. The molecule has 3 heteroatoms. The van der Waals surface area contributed by atoms with Crippen molar-refractivity contribution in [3.05, 3.63) is 40.9 Å². The van der Waals surface area contributed by atoms with Crippen molar-refractivity contribution < 1.29 is 4.79 Å². The maximum absolute atomic E-state index is 11.9. The van der Waals surface area contributed by atoms with Gasteiger partial charge in [0.15, 0.2) is 0 Å². The summed E-state index contributed by atoms with van der Waals surface area (Å²) in [6.07, 6.45) is 1.86. The van der Waals surface area contributed by atoms with Crippen LogP contribution in [0.2, 0.25) is 19.6 Å². The molecule has 0 spiro atoms. The van der Waals surface area contributed by atoms with Crippen LogP contribution in [0.25, 0.3) is 0 Å². The van der Waals surface area contributed by atoms with Gasteiger partial charge in [0.1, 0.15) is 0 Å². The van der Waals surface area contributed by atoms with Crippen molar-refractivity contribution in [2.45, 2.75) is 26.6 Å². The molecule has 1 aromatic carbocycles. The van der Waals surface area contributed by atoms with Gasteiger partial charge in [-0.2, -0.15) is 0 Å². The zero-order valence-corrected chi connectivity index (χ0v) is 13.0. The summed E-state index contributed by atoms with van der Waals surface area (Å²) in [4.78, 5) is 11.9. The third-order valence-corrected chi connectivity index (χ3v) is 5.71. The van der Waals surface area contributed by atoms with Crippen LogP contribution in [0, 0.1) is 0 Å². The minimum absolute atomic E-state index is 0.288. The Morgan fingerprint density at radius 2 is 1.75 bits per heavy atom. The second-order valence-corrected chi connectivity index (χ2v) is 12.5. The number of carbonyl (C=O) groups excluding carboxylic acids is 1. The first kappa shape index (κ1) is 13.4. The van der Waals surface area contributed by atoms with E-state index in [4.69, 9.17) is 0 Å². The molecule has 0 bridgehead atoms. The van der Waals surface area contributed by atoms with Gasteiger partial charge in [0.25, 0.3) is 0 Å². The van der Waals surface area contributed by atoms with Crippen LogP contribution in [-0.4, -0.2) is 28.4 Å². The number of hydrogen-bond donors (Lipinski definition) is 0. The Labute approximate surface area is 105 Å². The third-order valence-electron chi connectivity index (χ3n) is 2.10. The average Bonchev–Trinajstić information content (AvgIpc) is 2.17. The van der Waals surface area contributed by atoms with Crippen molar-refractivity contribution in [2.75, 3.05) is 0 Å². The minimum atomic E-state index is -1.65. The quantitative estimate of drug-likeness (QED) is 0.616. The third kappa shape index (κ3) is 4.48. The molecule has 0 atom stereocenters. The van der Waals surface area contributed by atoms with Crippen LogP contribution in [0.5, 0.6) is 0 Å². The van der Waals surface area contributed by atoms with Gasteiger partial charge >= 0.3 is 105 Å². The second kappa shape index (κ2) is 5.62. The Morgan fingerprint density at radius 1 is 1.19 bits per heavy atom. The van der Waals surface area contributed by atoms with Gasteiger partial charge in [-0.25, -0.2) is 0 Å². The fourth-order valence-electron chi connectivity index (χ4n) is 1.11. The molecule has 86 valence electrons. The van der Waals surface area contributed by atoms with Gasteiger partial charge in [-0.15, -0.1) is 0 Å². The van der Waals surface area contributed by atoms with E-state index in [1.165, 1.54) is 8.93 Å². The number of hydrogen-bond acceptors (Lipinski definition) is 1. The van der Waals surface area contributed by atoms with E-state index < -0.39 is 8.07 Å². The molecule has 0 unspecified atom stereocenters. The summed E-state index contributed by atoms with van der Waals surface area (Å²) in [5, 5.41) is 0.350. The van der Waals surface area contributed by atoms with Crippen molar-refractivity contribution >= 4 is 32.9 Å². The molecule has 0 aliphatic carbocycles. The van der Waals surface area contributed by atoms with E-state index in [-0.39, 0.29) is 15.0 Å². The summed E-state index contributed by atoms with van der Waals surface area (Å²) in [6, 6.07) is 10.4. The van der Waals surface area contributed by atoms with E-state index in [1.807, 2.05) is 24.3 Å². The van der Waals surface area contributed by atoms with Crippen molar-refractivity contribution in [1.29, 1.82) is 0 Å². The number of carbonyl (C=O) groups is 1. The van der Waals surface area contributed by atoms with E-state index in [2.05, 4.69) is 38.7 Å². The Kier molecular flexibility index (Phi) is 4.72. The Morgan fingerprint density at radius 3 is 2.25 bits per heavy atom. The van der Waals surface area contributed by atoms with Crippen molar-refractivity contribution in [1.82, 2.24) is 0 Å². The van der Waals surface area contributed by atoms with Gasteiger partial charge in [-0.3, -0.25) is 0 Å². The van der Waals surface area contributed by atoms with Crippen molar-refractivity contribution in [2.24, 2.45) is 0 Å². The molecule has 0 radical (unpaired) electrons. The van der Waals surface area contributed by atoms with Crippen LogP contribution < -0.4 is 4.46 Å². The first-order valence-electron chi connectivity index (χ1n) is 5.35. The molecule has 0 saturated heterocycles. The van der Waals surface area contributed by atoms with Gasteiger partial charge in [0.2, 0.25) is 0 Å². The number of benzene rings is 1. The zero-order chi connectivity index (χ0) is 12.2. The predicted octanol–water partition coefficient (Wildman–Crippen LogP) is 2.37.